The molecule has 2 aromatic rings. The Morgan fingerprint density at radius 3 is 2.67 bits per heavy atom. The van der Waals surface area contributed by atoms with E-state index in [2.05, 4.69) is 15.5 Å². The first-order chi connectivity index (χ1) is 14.5. The Bertz CT molecular complexity index is 1040. The Hall–Kier alpha value is -3.11. The van der Waals surface area contributed by atoms with Crippen LogP contribution in [0.3, 0.4) is 0 Å². The van der Waals surface area contributed by atoms with Crippen molar-refractivity contribution in [2.24, 2.45) is 5.92 Å². The minimum atomic E-state index is -0.747. The Morgan fingerprint density at radius 1 is 1.17 bits per heavy atom. The van der Waals surface area contributed by atoms with Crippen molar-refractivity contribution in [2.75, 3.05) is 13.1 Å². The molecule has 0 N–H and O–H groups in total. The van der Waals surface area contributed by atoms with Crippen LogP contribution in [0, 0.1) is 16.0 Å². The molecule has 1 saturated carbocycles. The second-order valence-electron chi connectivity index (χ2n) is 8.67. The average Bonchev–Trinajstić information content (AvgIpc) is 3.29. The summed E-state index contributed by atoms with van der Waals surface area (Å²) in [6.45, 7) is 1.43. The maximum atomic E-state index is 13.8. The van der Waals surface area contributed by atoms with E-state index >= 15 is 0 Å². The lowest BCUT2D eigenvalue weighted by atomic mass is 9.78. The van der Waals surface area contributed by atoms with Gasteiger partial charge in [0, 0.05) is 37.3 Å². The molecule has 2 aromatic heterocycles. The molecular formula is C19H23N7O4. The number of amides is 1. The predicted molar refractivity (Wildman–Crippen MR) is 104 cm³/mol. The number of carbonyl (C=O) groups is 1. The zero-order valence-corrected chi connectivity index (χ0v) is 16.5. The summed E-state index contributed by atoms with van der Waals surface area (Å²) in [4.78, 5) is 38.8. The van der Waals surface area contributed by atoms with E-state index in [1.807, 2.05) is 4.90 Å². The third-order valence-corrected chi connectivity index (χ3v) is 6.93. The largest absolute Gasteiger partial charge is 0.340 e. The van der Waals surface area contributed by atoms with Gasteiger partial charge in [0.2, 0.25) is 0 Å². The molecule has 11 nitrogen and oxygen atoms in total. The molecule has 30 heavy (non-hydrogen) atoms. The third-order valence-electron chi connectivity index (χ3n) is 6.93. The summed E-state index contributed by atoms with van der Waals surface area (Å²) in [5.41, 5.74) is -0.918. The van der Waals surface area contributed by atoms with Gasteiger partial charge in [-0.3, -0.25) is 19.7 Å². The third kappa shape index (κ3) is 2.83. The summed E-state index contributed by atoms with van der Waals surface area (Å²) in [6.07, 6.45) is 6.83. The van der Waals surface area contributed by atoms with Gasteiger partial charge < -0.3 is 9.47 Å². The number of hydrogen-bond donors (Lipinski definition) is 0. The quantitative estimate of drug-likeness (QED) is 0.543. The number of piperidine rings is 1. The number of likely N-dealkylation sites (tertiary alicyclic amines) is 1. The summed E-state index contributed by atoms with van der Waals surface area (Å²) in [7, 11) is 0. The molecule has 2 bridgehead atoms. The van der Waals surface area contributed by atoms with Gasteiger partial charge in [0.15, 0.2) is 0 Å². The van der Waals surface area contributed by atoms with Gasteiger partial charge in [-0.15, -0.1) is 5.10 Å². The Balaban J connectivity index is 1.47. The number of nitro groups is 1. The first-order valence-corrected chi connectivity index (χ1v) is 10.4. The van der Waals surface area contributed by atoms with E-state index in [0.717, 1.165) is 31.4 Å². The monoisotopic (exact) mass is 413 g/mol. The maximum absolute atomic E-state index is 13.8. The zero-order valence-electron chi connectivity index (χ0n) is 16.5. The molecule has 5 rings (SSSR count). The summed E-state index contributed by atoms with van der Waals surface area (Å²) in [5, 5.41) is 22.7. The Morgan fingerprint density at radius 2 is 1.97 bits per heavy atom. The predicted octanol–water partition coefficient (Wildman–Crippen LogP) is 1.05. The molecule has 1 aliphatic carbocycles. The normalized spacial score (nSPS) is 24.9. The number of fused-ring (bicyclic) bond motifs is 4. The smallest absolute Gasteiger partial charge is 0.334 e. The minimum absolute atomic E-state index is 0.00975. The van der Waals surface area contributed by atoms with Crippen molar-refractivity contribution < 1.29 is 9.72 Å². The second kappa shape index (κ2) is 6.99. The molecule has 4 heterocycles. The van der Waals surface area contributed by atoms with Crippen molar-refractivity contribution in [3.63, 3.8) is 0 Å². The Labute approximate surface area is 171 Å². The van der Waals surface area contributed by atoms with Crippen molar-refractivity contribution in [2.45, 2.75) is 56.5 Å². The highest BCUT2D eigenvalue weighted by atomic mass is 16.6. The van der Waals surface area contributed by atoms with Gasteiger partial charge in [0.25, 0.3) is 5.91 Å². The summed E-state index contributed by atoms with van der Waals surface area (Å²) >= 11 is 0. The summed E-state index contributed by atoms with van der Waals surface area (Å²) in [5.74, 6) is 0.126. The molecule has 0 radical (unpaired) electrons. The summed E-state index contributed by atoms with van der Waals surface area (Å²) < 4.78 is 3.16. The molecule has 0 spiro atoms. The molecule has 2 aliphatic heterocycles. The number of tetrazole rings is 1. The van der Waals surface area contributed by atoms with E-state index in [1.54, 1.807) is 10.7 Å². The topological polar surface area (TPSA) is 129 Å². The standard InChI is InChI=1S/C19H23N7O4/c27-17-16(26(29)30)5-4-15-14-8-13(10-24(15)17)9-23(11-14)18(28)19(6-2-1-3-7-19)25-12-20-21-22-25/h4-5,12-14H,1-3,6-11H2. The van der Waals surface area contributed by atoms with Crippen LogP contribution in [0.2, 0.25) is 0 Å². The van der Waals surface area contributed by atoms with E-state index in [1.165, 1.54) is 17.0 Å². The van der Waals surface area contributed by atoms with E-state index in [0.29, 0.717) is 32.5 Å². The van der Waals surface area contributed by atoms with E-state index in [-0.39, 0.29) is 17.7 Å². The van der Waals surface area contributed by atoms with Crippen LogP contribution in [0.15, 0.2) is 23.3 Å². The van der Waals surface area contributed by atoms with Crippen LogP contribution in [0.1, 0.15) is 50.1 Å². The van der Waals surface area contributed by atoms with Gasteiger partial charge >= 0.3 is 11.2 Å². The van der Waals surface area contributed by atoms with Crippen molar-refractivity contribution >= 4 is 11.6 Å². The van der Waals surface area contributed by atoms with Gasteiger partial charge in [0.05, 0.1) is 4.92 Å². The van der Waals surface area contributed by atoms with Crippen LogP contribution in [-0.2, 0) is 16.9 Å². The fourth-order valence-corrected chi connectivity index (χ4v) is 5.57. The molecule has 1 amide bonds. The lowest BCUT2D eigenvalue weighted by Gasteiger charge is -2.46. The lowest BCUT2D eigenvalue weighted by Crippen LogP contribution is -2.57. The molecule has 158 valence electrons. The molecular weight excluding hydrogens is 390 g/mol. The van der Waals surface area contributed by atoms with Gasteiger partial charge in [-0.25, -0.2) is 4.68 Å². The molecule has 2 unspecified atom stereocenters. The van der Waals surface area contributed by atoms with Crippen LogP contribution in [0.5, 0.6) is 0 Å². The SMILES string of the molecule is O=C(N1CC2CC(C1)c1ccc([N+](=O)[O-])c(=O)n1C2)C1(n2cnnn2)CCCCC1. The highest BCUT2D eigenvalue weighted by molar-refractivity contribution is 5.84. The van der Waals surface area contributed by atoms with Crippen LogP contribution in [-0.4, -0.2) is 53.6 Å². The van der Waals surface area contributed by atoms with Gasteiger partial charge in [-0.05, 0) is 41.7 Å². The molecule has 11 heteroatoms. The molecule has 1 saturated heterocycles. The summed E-state index contributed by atoms with van der Waals surface area (Å²) in [6, 6.07) is 2.96. The lowest BCUT2D eigenvalue weighted by molar-refractivity contribution is -0.386. The highest BCUT2D eigenvalue weighted by Crippen LogP contribution is 2.40. The van der Waals surface area contributed by atoms with Gasteiger partial charge in [0.1, 0.15) is 11.9 Å². The average molecular weight is 413 g/mol. The van der Waals surface area contributed by atoms with Crippen molar-refractivity contribution in [3.8, 4) is 0 Å². The second-order valence-corrected chi connectivity index (χ2v) is 8.67. The minimum Gasteiger partial charge on any atom is -0.340 e. The number of carbonyl (C=O) groups excluding carboxylic acids is 1. The zero-order chi connectivity index (χ0) is 20.9. The number of rotatable bonds is 3. The van der Waals surface area contributed by atoms with Crippen molar-refractivity contribution in [3.05, 3.63) is 44.6 Å². The fourth-order valence-electron chi connectivity index (χ4n) is 5.57. The maximum Gasteiger partial charge on any atom is 0.334 e. The van der Waals surface area contributed by atoms with Crippen LogP contribution < -0.4 is 5.56 Å². The van der Waals surface area contributed by atoms with Crippen LogP contribution >= 0.6 is 0 Å². The molecule has 2 fully saturated rings. The van der Waals surface area contributed by atoms with Crippen LogP contribution in [0.4, 0.5) is 5.69 Å². The fraction of sp³-hybridized carbons (Fsp3) is 0.632. The van der Waals surface area contributed by atoms with E-state index in [4.69, 9.17) is 0 Å². The van der Waals surface area contributed by atoms with E-state index < -0.39 is 21.7 Å². The number of hydrogen-bond acceptors (Lipinski definition) is 7. The number of pyridine rings is 1. The highest BCUT2D eigenvalue weighted by Gasteiger charge is 2.47. The molecule has 3 aliphatic rings. The van der Waals surface area contributed by atoms with Gasteiger partial charge in [-0.1, -0.05) is 19.3 Å². The van der Waals surface area contributed by atoms with Crippen molar-refractivity contribution in [1.82, 2.24) is 29.7 Å². The number of aromatic nitrogens is 5. The first kappa shape index (κ1) is 18.9. The van der Waals surface area contributed by atoms with Crippen molar-refractivity contribution in [1.29, 1.82) is 0 Å². The first-order valence-electron chi connectivity index (χ1n) is 10.4. The van der Waals surface area contributed by atoms with Gasteiger partial charge in [-0.2, -0.15) is 0 Å². The van der Waals surface area contributed by atoms with E-state index in [9.17, 15) is 19.7 Å². The molecule has 2 atom stereocenters. The Kier molecular flexibility index (Phi) is 4.40. The molecule has 0 aromatic carbocycles. The van der Waals surface area contributed by atoms with Crippen LogP contribution in [0.25, 0.3) is 0 Å². The number of nitrogens with zero attached hydrogens (tertiary/aromatic N) is 7.